The number of carbonyl (C=O) groups is 1. The van der Waals surface area contributed by atoms with Gasteiger partial charge in [-0.15, -0.1) is 0 Å². The number of benzene rings is 2. The zero-order valence-electron chi connectivity index (χ0n) is 12.2. The van der Waals surface area contributed by atoms with E-state index in [0.29, 0.717) is 5.95 Å². The van der Waals surface area contributed by atoms with Gasteiger partial charge in [-0.25, -0.2) is 4.98 Å². The highest BCUT2D eigenvalue weighted by Gasteiger charge is 2.33. The first-order valence-corrected chi connectivity index (χ1v) is 7.22. The minimum Gasteiger partial charge on any atom is -0.320 e. The molecule has 1 amide bonds. The second kappa shape index (κ2) is 4.84. The third kappa shape index (κ3) is 1.84. The second-order valence-electron chi connectivity index (χ2n) is 5.46. The minimum absolute atomic E-state index is 0.0494. The fraction of sp³-hybridized carbons (Fsp3) is 0.111. The number of rotatable bonds is 2. The molecule has 0 bridgehead atoms. The van der Waals surface area contributed by atoms with Crippen LogP contribution in [0.2, 0.25) is 0 Å². The second-order valence-corrected chi connectivity index (χ2v) is 5.46. The number of hydrogen-bond acceptors (Lipinski definition) is 2. The van der Waals surface area contributed by atoms with Gasteiger partial charge < -0.3 is 4.57 Å². The van der Waals surface area contributed by atoms with E-state index in [0.717, 1.165) is 22.3 Å². The van der Waals surface area contributed by atoms with Crippen LogP contribution in [0.4, 0.5) is 5.95 Å². The minimum atomic E-state index is -0.288. The molecule has 1 aliphatic carbocycles. The zero-order chi connectivity index (χ0) is 15.1. The van der Waals surface area contributed by atoms with Gasteiger partial charge in [-0.1, -0.05) is 48.5 Å². The molecule has 0 spiro atoms. The molecule has 0 unspecified atom stereocenters. The lowest BCUT2D eigenvalue weighted by Gasteiger charge is -2.13. The van der Waals surface area contributed by atoms with Gasteiger partial charge >= 0.3 is 0 Å². The van der Waals surface area contributed by atoms with Crippen LogP contribution in [0.15, 0.2) is 60.9 Å². The van der Waals surface area contributed by atoms with Crippen LogP contribution in [0.1, 0.15) is 17.0 Å². The van der Waals surface area contributed by atoms with E-state index in [9.17, 15) is 4.79 Å². The monoisotopic (exact) mass is 289 g/mol. The van der Waals surface area contributed by atoms with E-state index in [4.69, 9.17) is 0 Å². The molecule has 4 heteroatoms. The van der Waals surface area contributed by atoms with E-state index in [1.54, 1.807) is 10.8 Å². The Morgan fingerprint density at radius 3 is 2.18 bits per heavy atom. The molecule has 1 aromatic heterocycles. The normalized spacial score (nSPS) is 12.8. The molecule has 0 aliphatic heterocycles. The van der Waals surface area contributed by atoms with Crippen molar-refractivity contribution in [3.8, 4) is 11.1 Å². The van der Waals surface area contributed by atoms with Crippen molar-refractivity contribution >= 4 is 11.9 Å². The van der Waals surface area contributed by atoms with Crippen molar-refractivity contribution in [3.63, 3.8) is 0 Å². The number of aryl methyl sites for hydroxylation is 1. The number of aromatic nitrogens is 2. The predicted octanol–water partition coefficient (Wildman–Crippen LogP) is 3.17. The van der Waals surface area contributed by atoms with Crippen LogP contribution in [-0.4, -0.2) is 15.5 Å². The number of anilines is 1. The summed E-state index contributed by atoms with van der Waals surface area (Å²) in [6.07, 6.45) is 3.48. The van der Waals surface area contributed by atoms with Crippen LogP contribution in [0.25, 0.3) is 11.1 Å². The van der Waals surface area contributed by atoms with Gasteiger partial charge in [0.2, 0.25) is 11.9 Å². The lowest BCUT2D eigenvalue weighted by atomic mass is 9.96. The predicted molar refractivity (Wildman–Crippen MR) is 85.6 cm³/mol. The molecule has 0 saturated heterocycles. The number of imidazole rings is 1. The molecule has 3 aromatic rings. The quantitative estimate of drug-likeness (QED) is 0.787. The van der Waals surface area contributed by atoms with Gasteiger partial charge in [-0.2, -0.15) is 0 Å². The van der Waals surface area contributed by atoms with Crippen molar-refractivity contribution < 1.29 is 4.79 Å². The van der Waals surface area contributed by atoms with Gasteiger partial charge in [0.25, 0.3) is 0 Å². The molecular formula is C18H15N3O. The Bertz CT molecular complexity index is 821. The maximum absolute atomic E-state index is 12.8. The lowest BCUT2D eigenvalue weighted by molar-refractivity contribution is -0.116. The Kier molecular flexibility index (Phi) is 2.82. The molecule has 1 aliphatic rings. The number of nitrogens with one attached hydrogen (secondary N) is 1. The van der Waals surface area contributed by atoms with E-state index < -0.39 is 0 Å². The molecule has 108 valence electrons. The summed E-state index contributed by atoms with van der Waals surface area (Å²) in [6.45, 7) is 0. The van der Waals surface area contributed by atoms with Gasteiger partial charge in [0.1, 0.15) is 0 Å². The van der Waals surface area contributed by atoms with Crippen molar-refractivity contribution in [1.82, 2.24) is 9.55 Å². The van der Waals surface area contributed by atoms with Crippen LogP contribution in [-0.2, 0) is 11.8 Å². The van der Waals surface area contributed by atoms with Crippen molar-refractivity contribution in [2.45, 2.75) is 5.92 Å². The topological polar surface area (TPSA) is 46.9 Å². The molecule has 22 heavy (non-hydrogen) atoms. The van der Waals surface area contributed by atoms with E-state index in [1.165, 1.54) is 0 Å². The lowest BCUT2D eigenvalue weighted by Crippen LogP contribution is -2.22. The van der Waals surface area contributed by atoms with Crippen molar-refractivity contribution in [3.05, 3.63) is 72.1 Å². The van der Waals surface area contributed by atoms with Gasteiger partial charge in [0.15, 0.2) is 0 Å². The van der Waals surface area contributed by atoms with Crippen LogP contribution >= 0.6 is 0 Å². The number of hydrogen-bond donors (Lipinski definition) is 1. The Morgan fingerprint density at radius 2 is 1.64 bits per heavy atom. The number of carbonyl (C=O) groups excluding carboxylic acids is 1. The third-order valence-electron chi connectivity index (χ3n) is 4.15. The first-order valence-electron chi connectivity index (χ1n) is 7.22. The zero-order valence-corrected chi connectivity index (χ0v) is 12.2. The Hall–Kier alpha value is -2.88. The van der Waals surface area contributed by atoms with E-state index in [1.807, 2.05) is 49.6 Å². The Balaban J connectivity index is 1.78. The number of amides is 1. The molecule has 0 atom stereocenters. The summed E-state index contributed by atoms with van der Waals surface area (Å²) in [6, 6.07) is 16.2. The molecule has 0 saturated carbocycles. The van der Waals surface area contributed by atoms with Gasteiger partial charge in [0.05, 0.1) is 5.92 Å². The highest BCUT2D eigenvalue weighted by molar-refractivity contribution is 6.02. The van der Waals surface area contributed by atoms with E-state index >= 15 is 0 Å². The summed E-state index contributed by atoms with van der Waals surface area (Å²) < 4.78 is 1.80. The summed E-state index contributed by atoms with van der Waals surface area (Å²) >= 11 is 0. The largest absolute Gasteiger partial charge is 0.320 e. The molecule has 2 aromatic carbocycles. The Morgan fingerprint density at radius 1 is 1.05 bits per heavy atom. The summed E-state index contributed by atoms with van der Waals surface area (Å²) in [7, 11) is 1.86. The first-order chi connectivity index (χ1) is 10.8. The van der Waals surface area contributed by atoms with Crippen LogP contribution < -0.4 is 5.32 Å². The maximum Gasteiger partial charge on any atom is 0.238 e. The van der Waals surface area contributed by atoms with E-state index in [2.05, 4.69) is 22.4 Å². The third-order valence-corrected chi connectivity index (χ3v) is 4.15. The smallest absolute Gasteiger partial charge is 0.238 e. The Labute approximate surface area is 128 Å². The van der Waals surface area contributed by atoms with Crippen LogP contribution in [0.3, 0.4) is 0 Å². The maximum atomic E-state index is 12.8. The molecule has 1 N–H and O–H groups in total. The molecule has 4 rings (SSSR count). The highest BCUT2D eigenvalue weighted by atomic mass is 16.2. The summed E-state index contributed by atoms with van der Waals surface area (Å²) in [4.78, 5) is 17.0. The van der Waals surface area contributed by atoms with Crippen molar-refractivity contribution in [2.75, 3.05) is 5.32 Å². The number of fused-ring (bicyclic) bond motifs is 3. The van der Waals surface area contributed by atoms with Gasteiger partial charge in [-0.05, 0) is 22.3 Å². The molecule has 4 nitrogen and oxygen atoms in total. The average Bonchev–Trinajstić information content (AvgIpc) is 3.09. The highest BCUT2D eigenvalue weighted by Crippen LogP contribution is 2.44. The SMILES string of the molecule is Cn1ccnc1NC(=O)C1c2ccccc2-c2ccccc21. The van der Waals surface area contributed by atoms with Gasteiger partial charge in [-0.3, -0.25) is 10.1 Å². The van der Waals surface area contributed by atoms with Crippen LogP contribution in [0.5, 0.6) is 0 Å². The molecule has 0 radical (unpaired) electrons. The van der Waals surface area contributed by atoms with Gasteiger partial charge in [0, 0.05) is 19.4 Å². The summed E-state index contributed by atoms with van der Waals surface area (Å²) in [5, 5.41) is 2.93. The van der Waals surface area contributed by atoms with Crippen LogP contribution in [0, 0.1) is 0 Å². The average molecular weight is 289 g/mol. The fourth-order valence-electron chi connectivity index (χ4n) is 3.11. The number of nitrogens with zero attached hydrogens (tertiary/aromatic N) is 2. The first kappa shape index (κ1) is 12.8. The van der Waals surface area contributed by atoms with Crippen molar-refractivity contribution in [2.24, 2.45) is 7.05 Å². The van der Waals surface area contributed by atoms with E-state index in [-0.39, 0.29) is 11.8 Å². The summed E-state index contributed by atoms with van der Waals surface area (Å²) in [5.41, 5.74) is 4.38. The molecule has 0 fully saturated rings. The van der Waals surface area contributed by atoms with Crippen molar-refractivity contribution in [1.29, 1.82) is 0 Å². The molecular weight excluding hydrogens is 274 g/mol. The summed E-state index contributed by atoms with van der Waals surface area (Å²) in [5.74, 6) is 0.225. The fourth-order valence-corrected chi connectivity index (χ4v) is 3.11. The standard InChI is InChI=1S/C18H15N3O/c1-21-11-10-19-18(21)20-17(22)16-14-8-4-2-6-12(14)13-7-3-5-9-15(13)16/h2-11,16H,1H3,(H,19,20,22). The molecule has 1 heterocycles.